The molecule has 0 aliphatic heterocycles. The number of amides is 2. The SMILES string of the molecule is O=C(/C=C/c1ccc(F)cc1)Nc1ccccc1NC(=O)C(F)(F)F. The molecule has 25 heavy (non-hydrogen) atoms. The molecule has 0 radical (unpaired) electrons. The summed E-state index contributed by atoms with van der Waals surface area (Å²) in [4.78, 5) is 22.9. The third-order valence-electron chi connectivity index (χ3n) is 2.99. The van der Waals surface area contributed by atoms with Crippen LogP contribution < -0.4 is 10.6 Å². The van der Waals surface area contributed by atoms with Gasteiger partial charge in [-0.25, -0.2) is 4.39 Å². The van der Waals surface area contributed by atoms with Crippen LogP contribution in [0.5, 0.6) is 0 Å². The summed E-state index contributed by atoms with van der Waals surface area (Å²) in [5, 5.41) is 4.06. The average Bonchev–Trinajstić information content (AvgIpc) is 2.55. The molecule has 130 valence electrons. The van der Waals surface area contributed by atoms with Gasteiger partial charge in [-0.1, -0.05) is 24.3 Å². The Morgan fingerprint density at radius 3 is 2.00 bits per heavy atom. The lowest BCUT2D eigenvalue weighted by atomic mass is 10.2. The minimum Gasteiger partial charge on any atom is -0.321 e. The van der Waals surface area contributed by atoms with Gasteiger partial charge in [-0.2, -0.15) is 13.2 Å². The van der Waals surface area contributed by atoms with E-state index in [0.29, 0.717) is 5.56 Å². The molecule has 0 atom stereocenters. The van der Waals surface area contributed by atoms with Gasteiger partial charge in [0, 0.05) is 6.08 Å². The molecule has 0 bridgehead atoms. The van der Waals surface area contributed by atoms with E-state index in [4.69, 9.17) is 0 Å². The maximum absolute atomic E-state index is 12.8. The standard InChI is InChI=1S/C17H12F4N2O2/c18-12-8-5-11(6-9-12)7-10-15(24)22-13-3-1-2-4-14(13)23-16(25)17(19,20)21/h1-10H,(H,22,24)(H,23,25)/b10-7+. The zero-order valence-corrected chi connectivity index (χ0v) is 12.6. The number of benzene rings is 2. The molecular weight excluding hydrogens is 340 g/mol. The second-order valence-electron chi connectivity index (χ2n) is 4.87. The zero-order valence-electron chi connectivity index (χ0n) is 12.6. The van der Waals surface area contributed by atoms with Crippen LogP contribution in [0.15, 0.2) is 54.6 Å². The lowest BCUT2D eigenvalue weighted by molar-refractivity contribution is -0.167. The summed E-state index contributed by atoms with van der Waals surface area (Å²) in [5.41, 5.74) is 0.387. The Morgan fingerprint density at radius 2 is 1.44 bits per heavy atom. The first-order valence-electron chi connectivity index (χ1n) is 6.97. The Kier molecular flexibility index (Phi) is 5.53. The molecule has 0 unspecified atom stereocenters. The summed E-state index contributed by atoms with van der Waals surface area (Å²) in [5.74, 6) is -3.19. The van der Waals surface area contributed by atoms with Crippen molar-refractivity contribution in [1.82, 2.24) is 0 Å². The van der Waals surface area contributed by atoms with Crippen molar-refractivity contribution in [1.29, 1.82) is 0 Å². The van der Waals surface area contributed by atoms with Crippen molar-refractivity contribution in [3.05, 3.63) is 66.0 Å². The number of nitrogens with one attached hydrogen (secondary N) is 2. The number of hydrogen-bond donors (Lipinski definition) is 2. The first-order chi connectivity index (χ1) is 11.8. The fourth-order valence-corrected chi connectivity index (χ4v) is 1.81. The van der Waals surface area contributed by atoms with E-state index in [-0.39, 0.29) is 11.4 Å². The van der Waals surface area contributed by atoms with Crippen LogP contribution in [0, 0.1) is 5.82 Å². The van der Waals surface area contributed by atoms with Crippen molar-refractivity contribution in [3.63, 3.8) is 0 Å². The van der Waals surface area contributed by atoms with Gasteiger partial charge in [0.1, 0.15) is 5.82 Å². The van der Waals surface area contributed by atoms with E-state index in [1.54, 1.807) is 5.32 Å². The molecule has 0 spiro atoms. The molecule has 2 rings (SSSR count). The highest BCUT2D eigenvalue weighted by Crippen LogP contribution is 2.24. The van der Waals surface area contributed by atoms with Crippen LogP contribution in [0.3, 0.4) is 0 Å². The van der Waals surface area contributed by atoms with Crippen LogP contribution in [0.1, 0.15) is 5.56 Å². The largest absolute Gasteiger partial charge is 0.471 e. The van der Waals surface area contributed by atoms with E-state index in [2.05, 4.69) is 5.32 Å². The molecule has 0 aliphatic rings. The number of halogens is 4. The maximum Gasteiger partial charge on any atom is 0.471 e. The van der Waals surface area contributed by atoms with E-state index < -0.39 is 23.8 Å². The normalized spacial score (nSPS) is 11.4. The molecule has 2 amide bonds. The summed E-state index contributed by atoms with van der Waals surface area (Å²) >= 11 is 0. The molecule has 4 nitrogen and oxygen atoms in total. The van der Waals surface area contributed by atoms with Crippen molar-refractivity contribution in [2.24, 2.45) is 0 Å². The Labute approximate surface area is 140 Å². The number of carbonyl (C=O) groups excluding carboxylic acids is 2. The van der Waals surface area contributed by atoms with E-state index in [1.807, 2.05) is 0 Å². The van der Waals surface area contributed by atoms with Gasteiger partial charge < -0.3 is 10.6 Å². The predicted octanol–water partition coefficient (Wildman–Crippen LogP) is 3.98. The Balaban J connectivity index is 2.08. The molecule has 0 saturated heterocycles. The summed E-state index contributed by atoms with van der Waals surface area (Å²) in [7, 11) is 0. The van der Waals surface area contributed by atoms with E-state index in [9.17, 15) is 27.2 Å². The van der Waals surface area contributed by atoms with E-state index >= 15 is 0 Å². The number of carbonyl (C=O) groups is 2. The quantitative estimate of drug-likeness (QED) is 0.646. The Morgan fingerprint density at radius 1 is 0.880 bits per heavy atom. The van der Waals surface area contributed by atoms with E-state index in [0.717, 1.165) is 6.08 Å². The maximum atomic E-state index is 12.8. The zero-order chi connectivity index (χ0) is 18.4. The van der Waals surface area contributed by atoms with Crippen molar-refractivity contribution in [2.75, 3.05) is 10.6 Å². The smallest absolute Gasteiger partial charge is 0.321 e. The molecule has 8 heteroatoms. The number of hydrogen-bond acceptors (Lipinski definition) is 2. The Bertz CT molecular complexity index is 799. The number of anilines is 2. The van der Waals surface area contributed by atoms with Crippen LogP contribution in [0.4, 0.5) is 28.9 Å². The highest BCUT2D eigenvalue weighted by molar-refractivity contribution is 6.06. The molecular formula is C17H12F4N2O2. The fourth-order valence-electron chi connectivity index (χ4n) is 1.81. The van der Waals surface area contributed by atoms with Crippen LogP contribution in [0.25, 0.3) is 6.08 Å². The van der Waals surface area contributed by atoms with E-state index in [1.165, 1.54) is 54.6 Å². The molecule has 2 N–H and O–H groups in total. The molecule has 0 aliphatic carbocycles. The van der Waals surface area contributed by atoms with Gasteiger partial charge in [0.2, 0.25) is 5.91 Å². The minimum atomic E-state index is -5.04. The summed E-state index contributed by atoms with van der Waals surface area (Å²) in [6.07, 6.45) is -2.50. The van der Waals surface area contributed by atoms with Gasteiger partial charge in [-0.05, 0) is 35.9 Å². The van der Waals surface area contributed by atoms with Gasteiger partial charge in [-0.3, -0.25) is 9.59 Å². The van der Waals surface area contributed by atoms with Gasteiger partial charge >= 0.3 is 12.1 Å². The molecule has 2 aromatic carbocycles. The van der Waals surface area contributed by atoms with Gasteiger partial charge in [-0.15, -0.1) is 0 Å². The Hall–Kier alpha value is -3.16. The summed E-state index contributed by atoms with van der Waals surface area (Å²) in [6, 6.07) is 10.8. The second-order valence-corrected chi connectivity index (χ2v) is 4.87. The highest BCUT2D eigenvalue weighted by atomic mass is 19.4. The summed E-state index contributed by atoms with van der Waals surface area (Å²) < 4.78 is 49.8. The predicted molar refractivity (Wildman–Crippen MR) is 85.2 cm³/mol. The number of para-hydroxylation sites is 2. The monoisotopic (exact) mass is 352 g/mol. The minimum absolute atomic E-state index is 0.00820. The molecule has 0 heterocycles. The number of alkyl halides is 3. The third-order valence-corrected chi connectivity index (χ3v) is 2.99. The highest BCUT2D eigenvalue weighted by Gasteiger charge is 2.38. The molecule has 0 saturated carbocycles. The van der Waals surface area contributed by atoms with Crippen LogP contribution in [-0.2, 0) is 9.59 Å². The lowest BCUT2D eigenvalue weighted by Gasteiger charge is -2.12. The number of rotatable bonds is 4. The van der Waals surface area contributed by atoms with Gasteiger partial charge in [0.05, 0.1) is 11.4 Å². The van der Waals surface area contributed by atoms with Crippen LogP contribution in [-0.4, -0.2) is 18.0 Å². The van der Waals surface area contributed by atoms with Gasteiger partial charge in [0.15, 0.2) is 0 Å². The van der Waals surface area contributed by atoms with Crippen molar-refractivity contribution in [2.45, 2.75) is 6.18 Å². The molecule has 0 fully saturated rings. The first-order valence-corrected chi connectivity index (χ1v) is 6.97. The van der Waals surface area contributed by atoms with Crippen molar-refractivity contribution in [3.8, 4) is 0 Å². The third kappa shape index (κ3) is 5.45. The second kappa shape index (κ2) is 7.61. The van der Waals surface area contributed by atoms with Gasteiger partial charge in [0.25, 0.3) is 0 Å². The first kappa shape index (κ1) is 18.2. The summed E-state index contributed by atoms with van der Waals surface area (Å²) in [6.45, 7) is 0. The topological polar surface area (TPSA) is 58.2 Å². The van der Waals surface area contributed by atoms with Crippen LogP contribution in [0.2, 0.25) is 0 Å². The molecule has 0 aromatic heterocycles. The molecule has 2 aromatic rings. The van der Waals surface area contributed by atoms with Crippen molar-refractivity contribution >= 4 is 29.3 Å². The lowest BCUT2D eigenvalue weighted by Crippen LogP contribution is -2.30. The average molecular weight is 352 g/mol. The fraction of sp³-hybridized carbons (Fsp3) is 0.0588. The van der Waals surface area contributed by atoms with Crippen molar-refractivity contribution < 1.29 is 27.2 Å². The van der Waals surface area contributed by atoms with Crippen LogP contribution >= 0.6 is 0 Å².